The summed E-state index contributed by atoms with van der Waals surface area (Å²) < 4.78 is 12.4. The molecule has 2 aromatic heterocycles. The fourth-order valence-electron chi connectivity index (χ4n) is 3.56. The van der Waals surface area contributed by atoms with Crippen molar-refractivity contribution in [2.75, 3.05) is 54.1 Å². The van der Waals surface area contributed by atoms with Crippen LogP contribution in [0.3, 0.4) is 0 Å². The first-order chi connectivity index (χ1) is 12.7. The first kappa shape index (κ1) is 18.8. The molecule has 3 heterocycles. The Morgan fingerprint density at radius 2 is 2.00 bits per heavy atom. The molecule has 1 amide bonds. The van der Waals surface area contributed by atoms with Crippen LogP contribution >= 0.6 is 0 Å². The topological polar surface area (TPSA) is 59.3 Å². The molecule has 1 aliphatic heterocycles. The second kappa shape index (κ2) is 8.62. The number of ether oxygens (including phenoxy) is 2. The molecule has 0 aromatic carbocycles. The van der Waals surface area contributed by atoms with Crippen molar-refractivity contribution >= 4 is 11.4 Å². The van der Waals surface area contributed by atoms with Crippen LogP contribution in [0.4, 0.5) is 0 Å². The van der Waals surface area contributed by atoms with Gasteiger partial charge in [0.05, 0.1) is 24.8 Å². The smallest absolute Gasteiger partial charge is 0.274 e. The largest absolute Gasteiger partial charge is 0.383 e. The molecule has 1 fully saturated rings. The summed E-state index contributed by atoms with van der Waals surface area (Å²) in [6.07, 6.45) is 4.21. The van der Waals surface area contributed by atoms with Gasteiger partial charge in [-0.15, -0.1) is 0 Å². The van der Waals surface area contributed by atoms with E-state index >= 15 is 0 Å². The van der Waals surface area contributed by atoms with Crippen molar-refractivity contribution in [3.8, 4) is 0 Å². The molecule has 7 nitrogen and oxygen atoms in total. The number of hydrogen-bond acceptors (Lipinski definition) is 5. The Labute approximate surface area is 154 Å². The molecular formula is C19H28N4O3. The number of hydrogen-bond donors (Lipinski definition) is 0. The number of nitrogens with zero attached hydrogens (tertiary/aromatic N) is 4. The van der Waals surface area contributed by atoms with Crippen molar-refractivity contribution in [2.45, 2.75) is 18.9 Å². The Hall–Kier alpha value is -1.96. The molecule has 0 bridgehead atoms. The van der Waals surface area contributed by atoms with Gasteiger partial charge < -0.3 is 18.8 Å². The van der Waals surface area contributed by atoms with Crippen LogP contribution in [0.25, 0.3) is 5.52 Å². The van der Waals surface area contributed by atoms with E-state index in [1.54, 1.807) is 19.1 Å². The number of imidazole rings is 1. The molecule has 0 saturated carbocycles. The molecule has 142 valence electrons. The third kappa shape index (κ3) is 3.75. The molecule has 0 N–H and O–H groups in total. The number of rotatable bonds is 8. The molecule has 2 aromatic rings. The molecule has 1 aliphatic rings. The molecule has 0 aliphatic carbocycles. The van der Waals surface area contributed by atoms with Crippen LogP contribution in [-0.2, 0) is 9.47 Å². The number of carbonyl (C=O) groups is 1. The van der Waals surface area contributed by atoms with Crippen molar-refractivity contribution < 1.29 is 14.3 Å². The van der Waals surface area contributed by atoms with E-state index in [1.165, 1.54) is 0 Å². The average molecular weight is 360 g/mol. The zero-order valence-corrected chi connectivity index (χ0v) is 15.9. The maximum atomic E-state index is 13.2. The number of amides is 1. The van der Waals surface area contributed by atoms with Crippen LogP contribution in [0.15, 0.2) is 24.4 Å². The second-order valence-electron chi connectivity index (χ2n) is 6.69. The minimum Gasteiger partial charge on any atom is -0.383 e. The van der Waals surface area contributed by atoms with Gasteiger partial charge in [-0.1, -0.05) is 6.07 Å². The Morgan fingerprint density at radius 1 is 1.27 bits per heavy atom. The van der Waals surface area contributed by atoms with Gasteiger partial charge in [-0.25, -0.2) is 4.98 Å². The molecule has 0 radical (unpaired) electrons. The quantitative estimate of drug-likeness (QED) is 0.719. The van der Waals surface area contributed by atoms with Gasteiger partial charge in [-0.2, -0.15) is 0 Å². The number of methoxy groups -OCH3 is 2. The molecule has 1 atom stereocenters. The number of likely N-dealkylation sites (tertiary alicyclic amines) is 1. The first-order valence-electron chi connectivity index (χ1n) is 9.11. The lowest BCUT2D eigenvalue weighted by molar-refractivity contribution is 0.0624. The predicted molar refractivity (Wildman–Crippen MR) is 99.5 cm³/mol. The van der Waals surface area contributed by atoms with Gasteiger partial charge in [0.1, 0.15) is 5.82 Å². The predicted octanol–water partition coefficient (Wildman–Crippen LogP) is 1.84. The Morgan fingerprint density at radius 3 is 2.62 bits per heavy atom. The van der Waals surface area contributed by atoms with Crippen LogP contribution in [-0.4, -0.2) is 79.2 Å². The summed E-state index contributed by atoms with van der Waals surface area (Å²) in [4.78, 5) is 22.1. The van der Waals surface area contributed by atoms with E-state index in [9.17, 15) is 4.79 Å². The van der Waals surface area contributed by atoms with Gasteiger partial charge in [-0.3, -0.25) is 9.69 Å². The minimum absolute atomic E-state index is 0.0744. The molecule has 1 unspecified atom stereocenters. The highest BCUT2D eigenvalue weighted by atomic mass is 16.5. The Balaban J connectivity index is 1.96. The molecule has 26 heavy (non-hydrogen) atoms. The van der Waals surface area contributed by atoms with E-state index in [2.05, 4.69) is 16.3 Å². The van der Waals surface area contributed by atoms with Crippen molar-refractivity contribution in [1.82, 2.24) is 19.2 Å². The first-order valence-corrected chi connectivity index (χ1v) is 9.11. The maximum Gasteiger partial charge on any atom is 0.274 e. The van der Waals surface area contributed by atoms with Crippen LogP contribution in [0.5, 0.6) is 0 Å². The summed E-state index contributed by atoms with van der Waals surface area (Å²) in [6.45, 7) is 3.06. The highest BCUT2D eigenvalue weighted by Crippen LogP contribution is 2.31. The lowest BCUT2D eigenvalue weighted by Crippen LogP contribution is -2.36. The normalized spacial score (nSPS) is 17.9. The molecule has 3 rings (SSSR count). The van der Waals surface area contributed by atoms with E-state index in [0.717, 1.165) is 30.7 Å². The summed E-state index contributed by atoms with van der Waals surface area (Å²) in [5.74, 6) is 0.872. The molecular weight excluding hydrogens is 332 g/mol. The van der Waals surface area contributed by atoms with E-state index in [4.69, 9.17) is 14.5 Å². The summed E-state index contributed by atoms with van der Waals surface area (Å²) in [5, 5.41) is 0. The van der Waals surface area contributed by atoms with Gasteiger partial charge in [-0.05, 0) is 38.6 Å². The lowest BCUT2D eigenvalue weighted by Gasteiger charge is -2.21. The summed E-state index contributed by atoms with van der Waals surface area (Å²) >= 11 is 0. The Kier molecular flexibility index (Phi) is 6.24. The third-order valence-electron chi connectivity index (χ3n) is 5.01. The SMILES string of the molecule is COCCN(CCOC)C(=O)c1nc(C2CCCN2C)n2ccccc12. The number of carbonyl (C=O) groups excluding carboxylic acids is 1. The van der Waals surface area contributed by atoms with Crippen LogP contribution in [0.2, 0.25) is 0 Å². The number of fused-ring (bicyclic) bond motifs is 1. The van der Waals surface area contributed by atoms with Crippen molar-refractivity contribution in [2.24, 2.45) is 0 Å². The van der Waals surface area contributed by atoms with Crippen molar-refractivity contribution in [1.29, 1.82) is 0 Å². The highest BCUT2D eigenvalue weighted by Gasteiger charge is 2.30. The van der Waals surface area contributed by atoms with Gasteiger partial charge in [0.2, 0.25) is 0 Å². The summed E-state index contributed by atoms with van der Waals surface area (Å²) in [7, 11) is 5.39. The summed E-state index contributed by atoms with van der Waals surface area (Å²) in [6, 6.07) is 6.14. The monoisotopic (exact) mass is 360 g/mol. The highest BCUT2D eigenvalue weighted by molar-refractivity contribution is 5.99. The Bertz CT molecular complexity index is 737. The van der Waals surface area contributed by atoms with Gasteiger partial charge in [0.15, 0.2) is 5.69 Å². The zero-order valence-electron chi connectivity index (χ0n) is 15.9. The van der Waals surface area contributed by atoms with Crippen LogP contribution in [0.1, 0.15) is 35.2 Å². The number of pyridine rings is 1. The molecule has 1 saturated heterocycles. The van der Waals surface area contributed by atoms with Gasteiger partial charge in [0, 0.05) is 33.5 Å². The fourth-order valence-corrected chi connectivity index (χ4v) is 3.56. The number of aromatic nitrogens is 2. The van der Waals surface area contributed by atoms with Gasteiger partial charge in [0.25, 0.3) is 5.91 Å². The van der Waals surface area contributed by atoms with Crippen LogP contribution < -0.4 is 0 Å². The standard InChI is InChI=1S/C19H28N4O3/c1-21-9-6-8-16(21)18-20-17(15-7-4-5-10-23(15)18)19(24)22(11-13-25-2)12-14-26-3/h4-5,7,10,16H,6,8-9,11-14H2,1-3H3. The van der Waals surface area contributed by atoms with Gasteiger partial charge >= 0.3 is 0 Å². The second-order valence-corrected chi connectivity index (χ2v) is 6.69. The third-order valence-corrected chi connectivity index (χ3v) is 5.01. The minimum atomic E-state index is -0.0744. The van der Waals surface area contributed by atoms with E-state index in [1.807, 2.05) is 24.4 Å². The average Bonchev–Trinajstić information content (AvgIpc) is 3.24. The van der Waals surface area contributed by atoms with Crippen molar-refractivity contribution in [3.63, 3.8) is 0 Å². The molecule has 0 spiro atoms. The zero-order chi connectivity index (χ0) is 18.5. The molecule has 7 heteroatoms. The van der Waals surface area contributed by atoms with E-state index < -0.39 is 0 Å². The summed E-state index contributed by atoms with van der Waals surface area (Å²) in [5.41, 5.74) is 1.36. The van der Waals surface area contributed by atoms with Crippen LogP contribution in [0, 0.1) is 0 Å². The maximum absolute atomic E-state index is 13.2. The van der Waals surface area contributed by atoms with Crippen molar-refractivity contribution in [3.05, 3.63) is 35.9 Å². The van der Waals surface area contributed by atoms with E-state index in [0.29, 0.717) is 32.0 Å². The fraction of sp³-hybridized carbons (Fsp3) is 0.579. The lowest BCUT2D eigenvalue weighted by atomic mass is 10.2. The van der Waals surface area contributed by atoms with E-state index in [-0.39, 0.29) is 11.9 Å².